The second-order valence-corrected chi connectivity index (χ2v) is 6.10. The van der Waals surface area contributed by atoms with Crippen molar-refractivity contribution in [2.45, 2.75) is 19.3 Å². The number of hydrogen-bond acceptors (Lipinski definition) is 6. The first-order chi connectivity index (χ1) is 13.1. The van der Waals surface area contributed by atoms with Crippen LogP contribution in [-0.4, -0.2) is 21.1 Å². The number of carbonyl (C=O) groups is 1. The summed E-state index contributed by atoms with van der Waals surface area (Å²) in [4.78, 5) is 26.4. The molecule has 0 aliphatic rings. The van der Waals surface area contributed by atoms with E-state index in [2.05, 4.69) is 20.5 Å². The molecule has 0 fully saturated rings. The first kappa shape index (κ1) is 16.8. The van der Waals surface area contributed by atoms with E-state index >= 15 is 0 Å². The highest BCUT2D eigenvalue weighted by Crippen LogP contribution is 2.27. The van der Waals surface area contributed by atoms with Crippen LogP contribution >= 0.6 is 0 Å². The maximum atomic E-state index is 12.6. The molecular formula is C19H16N4O4. The molecule has 1 unspecified atom stereocenters. The quantitative estimate of drug-likeness (QED) is 0.563. The van der Waals surface area contributed by atoms with Crippen molar-refractivity contribution in [3.8, 4) is 0 Å². The van der Waals surface area contributed by atoms with Crippen LogP contribution in [0.15, 0.2) is 62.2 Å². The maximum absolute atomic E-state index is 12.6. The number of hydrogen-bond donors (Lipinski definition) is 2. The molecule has 0 aliphatic heterocycles. The number of rotatable bonds is 5. The molecule has 2 aromatic carbocycles. The Bertz CT molecular complexity index is 1140. The summed E-state index contributed by atoms with van der Waals surface area (Å²) in [5.74, 6) is -0.275. The van der Waals surface area contributed by atoms with Crippen molar-refractivity contribution >= 4 is 22.7 Å². The number of oxazole rings is 1. The van der Waals surface area contributed by atoms with Crippen LogP contribution in [0.4, 0.5) is 5.69 Å². The molecule has 0 spiro atoms. The Morgan fingerprint density at radius 3 is 2.70 bits per heavy atom. The molecule has 2 N–H and O–H groups in total. The number of benzene rings is 2. The first-order valence-corrected chi connectivity index (χ1v) is 8.36. The van der Waals surface area contributed by atoms with Gasteiger partial charge in [-0.3, -0.25) is 9.78 Å². The van der Waals surface area contributed by atoms with Gasteiger partial charge in [0.05, 0.1) is 11.4 Å². The summed E-state index contributed by atoms with van der Waals surface area (Å²) < 4.78 is 10.5. The molecule has 0 radical (unpaired) electrons. The zero-order chi connectivity index (χ0) is 18.8. The summed E-state index contributed by atoms with van der Waals surface area (Å²) in [5, 5.41) is 10.8. The molecular weight excluding hydrogens is 348 g/mol. The Labute approximate surface area is 153 Å². The van der Waals surface area contributed by atoms with Gasteiger partial charge in [0.1, 0.15) is 0 Å². The summed E-state index contributed by atoms with van der Waals surface area (Å²) in [5.41, 5.74) is 2.41. The fourth-order valence-corrected chi connectivity index (χ4v) is 2.91. The van der Waals surface area contributed by atoms with Crippen LogP contribution < -0.4 is 11.1 Å². The molecule has 0 saturated carbocycles. The van der Waals surface area contributed by atoms with Gasteiger partial charge in [0.2, 0.25) is 17.7 Å². The number of nitrogens with zero attached hydrogens (tertiary/aromatic N) is 2. The van der Waals surface area contributed by atoms with Gasteiger partial charge in [-0.15, -0.1) is 10.2 Å². The van der Waals surface area contributed by atoms with E-state index in [0.717, 1.165) is 5.56 Å². The largest absolute Gasteiger partial charge is 0.425 e. The van der Waals surface area contributed by atoms with Gasteiger partial charge in [0.15, 0.2) is 5.58 Å². The maximum Gasteiger partial charge on any atom is 0.417 e. The van der Waals surface area contributed by atoms with Crippen molar-refractivity contribution in [2.24, 2.45) is 0 Å². The third-order valence-corrected chi connectivity index (χ3v) is 4.13. The molecule has 4 aromatic rings. The predicted molar refractivity (Wildman–Crippen MR) is 97.4 cm³/mol. The van der Waals surface area contributed by atoms with Crippen LogP contribution in [0.2, 0.25) is 0 Å². The van der Waals surface area contributed by atoms with Crippen LogP contribution in [0.3, 0.4) is 0 Å². The molecule has 4 rings (SSSR count). The van der Waals surface area contributed by atoms with Crippen LogP contribution in [0.5, 0.6) is 0 Å². The lowest BCUT2D eigenvalue weighted by Gasteiger charge is -2.13. The first-order valence-electron chi connectivity index (χ1n) is 8.36. The van der Waals surface area contributed by atoms with E-state index in [-0.39, 0.29) is 18.2 Å². The molecule has 27 heavy (non-hydrogen) atoms. The molecule has 1 amide bonds. The van der Waals surface area contributed by atoms with Crippen molar-refractivity contribution in [2.75, 3.05) is 5.32 Å². The van der Waals surface area contributed by atoms with Gasteiger partial charge in [0.25, 0.3) is 0 Å². The van der Waals surface area contributed by atoms with E-state index in [1.54, 1.807) is 25.1 Å². The topological polar surface area (TPSA) is 114 Å². The number of nitrogens with one attached hydrogen (secondary N) is 2. The fraction of sp³-hybridized carbons (Fsp3) is 0.158. The lowest BCUT2D eigenvalue weighted by atomic mass is 9.95. The molecule has 8 nitrogen and oxygen atoms in total. The lowest BCUT2D eigenvalue weighted by molar-refractivity contribution is -0.116. The Morgan fingerprint density at radius 1 is 1.15 bits per heavy atom. The van der Waals surface area contributed by atoms with Gasteiger partial charge in [-0.05, 0) is 23.8 Å². The minimum Gasteiger partial charge on any atom is -0.425 e. The zero-order valence-electron chi connectivity index (χ0n) is 14.4. The molecule has 0 saturated heterocycles. The second-order valence-electron chi connectivity index (χ2n) is 6.10. The molecule has 1 atom stereocenters. The van der Waals surface area contributed by atoms with E-state index in [4.69, 9.17) is 8.83 Å². The number of carbonyl (C=O) groups excluding carboxylic acids is 1. The van der Waals surface area contributed by atoms with Crippen LogP contribution in [0, 0.1) is 6.92 Å². The molecule has 2 aromatic heterocycles. The summed E-state index contributed by atoms with van der Waals surface area (Å²) in [6.45, 7) is 1.71. The minimum atomic E-state index is -0.538. The fourth-order valence-electron chi connectivity index (χ4n) is 2.91. The monoisotopic (exact) mass is 364 g/mol. The second kappa shape index (κ2) is 6.91. The number of aromatic nitrogens is 3. The predicted octanol–water partition coefficient (Wildman–Crippen LogP) is 2.97. The number of aryl methyl sites for hydroxylation is 1. The van der Waals surface area contributed by atoms with Gasteiger partial charge in [-0.1, -0.05) is 30.3 Å². The standard InChI is InChI=1S/C19H16N4O4/c1-11-22-23-18(26-11)14(12-5-3-2-4-6-12)10-17(24)20-13-7-8-16-15(9-13)21-19(25)27-16/h2-9,14H,10H2,1H3,(H,20,24)(H,21,25). The number of fused-ring (bicyclic) bond motifs is 1. The van der Waals surface area contributed by atoms with E-state index in [1.165, 1.54) is 0 Å². The third-order valence-electron chi connectivity index (χ3n) is 4.13. The van der Waals surface area contributed by atoms with Crippen molar-refractivity contribution in [3.05, 3.63) is 76.4 Å². The third kappa shape index (κ3) is 3.64. The van der Waals surface area contributed by atoms with Gasteiger partial charge in [-0.2, -0.15) is 0 Å². The van der Waals surface area contributed by atoms with E-state index in [0.29, 0.717) is 28.6 Å². The number of aromatic amines is 1. The Morgan fingerprint density at radius 2 is 1.96 bits per heavy atom. The summed E-state index contributed by atoms with van der Waals surface area (Å²) in [6, 6.07) is 14.5. The van der Waals surface area contributed by atoms with E-state index < -0.39 is 5.76 Å². The highest BCUT2D eigenvalue weighted by Gasteiger charge is 2.23. The molecule has 2 heterocycles. The SMILES string of the molecule is Cc1nnc(C(CC(=O)Nc2ccc3oc(=O)[nH]c3c2)c2ccccc2)o1. The Balaban J connectivity index is 1.56. The molecule has 0 aliphatic carbocycles. The molecule has 0 bridgehead atoms. The summed E-state index contributed by atoms with van der Waals surface area (Å²) in [7, 11) is 0. The minimum absolute atomic E-state index is 0.131. The average molecular weight is 364 g/mol. The molecule has 136 valence electrons. The van der Waals surface area contributed by atoms with Crippen LogP contribution in [0.1, 0.15) is 29.7 Å². The lowest BCUT2D eigenvalue weighted by Crippen LogP contribution is -2.16. The van der Waals surface area contributed by atoms with E-state index in [1.807, 2.05) is 30.3 Å². The smallest absolute Gasteiger partial charge is 0.417 e. The van der Waals surface area contributed by atoms with Crippen molar-refractivity contribution in [3.63, 3.8) is 0 Å². The summed E-state index contributed by atoms with van der Waals surface area (Å²) in [6.07, 6.45) is 0.131. The van der Waals surface area contributed by atoms with Crippen molar-refractivity contribution < 1.29 is 13.6 Å². The average Bonchev–Trinajstić information content (AvgIpc) is 3.24. The zero-order valence-corrected chi connectivity index (χ0v) is 14.4. The summed E-state index contributed by atoms with van der Waals surface area (Å²) >= 11 is 0. The van der Waals surface area contributed by atoms with Gasteiger partial charge >= 0.3 is 5.76 Å². The van der Waals surface area contributed by atoms with Gasteiger partial charge in [0, 0.05) is 19.0 Å². The van der Waals surface area contributed by atoms with Crippen LogP contribution in [0.25, 0.3) is 11.1 Å². The highest BCUT2D eigenvalue weighted by atomic mass is 16.4. The number of amides is 1. The van der Waals surface area contributed by atoms with Crippen molar-refractivity contribution in [1.82, 2.24) is 15.2 Å². The Hall–Kier alpha value is -3.68. The van der Waals surface area contributed by atoms with Crippen LogP contribution in [-0.2, 0) is 4.79 Å². The van der Waals surface area contributed by atoms with Gasteiger partial charge < -0.3 is 14.2 Å². The number of H-pyrrole nitrogens is 1. The number of anilines is 1. The molecule has 8 heteroatoms. The normalized spacial score (nSPS) is 12.2. The van der Waals surface area contributed by atoms with Crippen molar-refractivity contribution in [1.29, 1.82) is 0 Å². The van der Waals surface area contributed by atoms with E-state index in [9.17, 15) is 9.59 Å². The van der Waals surface area contributed by atoms with Gasteiger partial charge in [-0.25, -0.2) is 4.79 Å². The highest BCUT2D eigenvalue weighted by molar-refractivity contribution is 5.93. The Kier molecular flexibility index (Phi) is 4.29.